The van der Waals surface area contributed by atoms with E-state index in [0.717, 1.165) is 5.56 Å². The molecule has 0 amide bonds. The monoisotopic (exact) mass is 300 g/mol. The van der Waals surface area contributed by atoms with E-state index in [9.17, 15) is 13.2 Å². The number of ether oxygens (including phenoxy) is 1. The molecule has 2 rings (SSSR count). The van der Waals surface area contributed by atoms with Gasteiger partial charge in [-0.15, -0.1) is 0 Å². The molecule has 1 aliphatic heterocycles. The van der Waals surface area contributed by atoms with E-state index < -0.39 is 16.2 Å². The van der Waals surface area contributed by atoms with Crippen LogP contribution in [0.25, 0.3) is 0 Å². The maximum absolute atomic E-state index is 12.2. The van der Waals surface area contributed by atoms with E-state index in [1.54, 1.807) is 13.0 Å². The summed E-state index contributed by atoms with van der Waals surface area (Å²) in [6, 6.07) is 4.54. The molecule has 1 saturated heterocycles. The summed E-state index contributed by atoms with van der Waals surface area (Å²) in [6.07, 6.45) is 0. The predicted octanol–water partition coefficient (Wildman–Crippen LogP) is 0.682. The van der Waals surface area contributed by atoms with Crippen molar-refractivity contribution in [2.45, 2.75) is 6.92 Å². The van der Waals surface area contributed by atoms with E-state index in [-0.39, 0.29) is 24.3 Å². The first-order chi connectivity index (χ1) is 9.40. The van der Waals surface area contributed by atoms with Crippen molar-refractivity contribution < 1.29 is 23.1 Å². The first kappa shape index (κ1) is 14.8. The second kappa shape index (κ2) is 5.78. The molecule has 0 radical (unpaired) electrons. The molecule has 0 aliphatic carbocycles. The minimum atomic E-state index is -3.77. The summed E-state index contributed by atoms with van der Waals surface area (Å²) < 4.78 is 33.0. The molecule has 1 aliphatic rings. The highest BCUT2D eigenvalue weighted by Gasteiger charge is 2.25. The summed E-state index contributed by atoms with van der Waals surface area (Å²) in [5, 5.41) is 9.13. The number of aryl methyl sites for hydroxylation is 1. The number of nitrogens with one attached hydrogen (secondary N) is 1. The third-order valence-corrected chi connectivity index (χ3v) is 4.48. The number of carboxylic acid groups (broad SMARTS) is 1. The highest BCUT2D eigenvalue weighted by atomic mass is 32.2. The van der Waals surface area contributed by atoms with Crippen molar-refractivity contribution in [3.8, 4) is 0 Å². The van der Waals surface area contributed by atoms with Gasteiger partial charge in [-0.1, -0.05) is 11.6 Å². The van der Waals surface area contributed by atoms with Crippen LogP contribution in [0.1, 0.15) is 15.9 Å². The lowest BCUT2D eigenvalue weighted by Crippen LogP contribution is -2.43. The predicted molar refractivity (Wildman–Crippen MR) is 73.1 cm³/mol. The van der Waals surface area contributed by atoms with Gasteiger partial charge in [0.1, 0.15) is 0 Å². The Hall–Kier alpha value is -1.64. The molecule has 0 bridgehead atoms. The molecular weight excluding hydrogens is 284 g/mol. The van der Waals surface area contributed by atoms with Gasteiger partial charge in [0.05, 0.1) is 24.5 Å². The Balaban J connectivity index is 2.27. The SMILES string of the molecule is Cc1ccc(NS(=O)(=O)N2CCOCC2)c(C(=O)O)c1. The molecule has 0 aromatic heterocycles. The zero-order valence-corrected chi connectivity index (χ0v) is 11.8. The molecule has 1 heterocycles. The third-order valence-electron chi connectivity index (χ3n) is 2.95. The molecule has 0 saturated carbocycles. The summed E-state index contributed by atoms with van der Waals surface area (Å²) in [5.74, 6) is -1.17. The van der Waals surface area contributed by atoms with Crippen LogP contribution in [0.5, 0.6) is 0 Å². The molecule has 1 aromatic rings. The van der Waals surface area contributed by atoms with Crippen LogP contribution < -0.4 is 4.72 Å². The second-order valence-electron chi connectivity index (χ2n) is 4.47. The van der Waals surface area contributed by atoms with E-state index >= 15 is 0 Å². The quantitative estimate of drug-likeness (QED) is 0.852. The maximum Gasteiger partial charge on any atom is 0.337 e. The van der Waals surface area contributed by atoms with E-state index in [1.807, 2.05) is 0 Å². The Morgan fingerprint density at radius 1 is 1.35 bits per heavy atom. The van der Waals surface area contributed by atoms with Gasteiger partial charge in [0.25, 0.3) is 0 Å². The molecule has 7 nitrogen and oxygen atoms in total. The zero-order chi connectivity index (χ0) is 14.8. The van der Waals surface area contributed by atoms with E-state index in [1.165, 1.54) is 16.4 Å². The normalized spacial score (nSPS) is 16.9. The zero-order valence-electron chi connectivity index (χ0n) is 11.0. The first-order valence-electron chi connectivity index (χ1n) is 6.10. The van der Waals surface area contributed by atoms with Crippen molar-refractivity contribution >= 4 is 21.9 Å². The molecule has 8 heteroatoms. The number of rotatable bonds is 4. The summed E-state index contributed by atoms with van der Waals surface area (Å²) in [6.45, 7) is 2.92. The van der Waals surface area contributed by atoms with Crippen molar-refractivity contribution in [2.75, 3.05) is 31.0 Å². The van der Waals surface area contributed by atoms with Crippen molar-refractivity contribution in [3.05, 3.63) is 29.3 Å². The number of carboxylic acids is 1. The summed E-state index contributed by atoms with van der Waals surface area (Å²) in [7, 11) is -3.77. The molecule has 0 atom stereocenters. The van der Waals surface area contributed by atoms with Gasteiger partial charge in [-0.2, -0.15) is 12.7 Å². The van der Waals surface area contributed by atoms with E-state index in [2.05, 4.69) is 4.72 Å². The van der Waals surface area contributed by atoms with Crippen LogP contribution in [0.3, 0.4) is 0 Å². The largest absolute Gasteiger partial charge is 0.478 e. The molecule has 0 unspecified atom stereocenters. The van der Waals surface area contributed by atoms with Gasteiger partial charge in [-0.25, -0.2) is 4.79 Å². The van der Waals surface area contributed by atoms with Crippen LogP contribution in [-0.4, -0.2) is 50.1 Å². The van der Waals surface area contributed by atoms with Crippen molar-refractivity contribution in [2.24, 2.45) is 0 Å². The number of benzene rings is 1. The van der Waals surface area contributed by atoms with Gasteiger partial charge in [0.2, 0.25) is 0 Å². The molecule has 110 valence electrons. The smallest absolute Gasteiger partial charge is 0.337 e. The number of hydrogen-bond acceptors (Lipinski definition) is 4. The lowest BCUT2D eigenvalue weighted by Gasteiger charge is -2.26. The lowest BCUT2D eigenvalue weighted by molar-refractivity contribution is 0.0697. The molecule has 20 heavy (non-hydrogen) atoms. The van der Waals surface area contributed by atoms with Crippen molar-refractivity contribution in [1.29, 1.82) is 0 Å². The Kier molecular flexibility index (Phi) is 4.26. The third kappa shape index (κ3) is 3.27. The van der Waals surface area contributed by atoms with E-state index in [4.69, 9.17) is 9.84 Å². The number of aromatic carboxylic acids is 1. The summed E-state index contributed by atoms with van der Waals surface area (Å²) in [4.78, 5) is 11.2. The average molecular weight is 300 g/mol. The van der Waals surface area contributed by atoms with Gasteiger partial charge < -0.3 is 9.84 Å². The van der Waals surface area contributed by atoms with Gasteiger partial charge in [-0.3, -0.25) is 4.72 Å². The summed E-state index contributed by atoms with van der Waals surface area (Å²) in [5.41, 5.74) is 0.744. The Morgan fingerprint density at radius 3 is 2.60 bits per heavy atom. The lowest BCUT2D eigenvalue weighted by atomic mass is 10.1. The molecule has 2 N–H and O–H groups in total. The van der Waals surface area contributed by atoms with Crippen LogP contribution in [0.4, 0.5) is 5.69 Å². The first-order valence-corrected chi connectivity index (χ1v) is 7.54. The van der Waals surface area contributed by atoms with Crippen molar-refractivity contribution in [1.82, 2.24) is 4.31 Å². The number of anilines is 1. The highest BCUT2D eigenvalue weighted by Crippen LogP contribution is 2.20. The average Bonchev–Trinajstić information content (AvgIpc) is 2.41. The number of nitrogens with zero attached hydrogens (tertiary/aromatic N) is 1. The summed E-state index contributed by atoms with van der Waals surface area (Å²) >= 11 is 0. The fraction of sp³-hybridized carbons (Fsp3) is 0.417. The van der Waals surface area contributed by atoms with E-state index in [0.29, 0.717) is 13.2 Å². The maximum atomic E-state index is 12.2. The fourth-order valence-electron chi connectivity index (χ4n) is 1.91. The standard InChI is InChI=1S/C12H16N2O5S/c1-9-2-3-11(10(8-9)12(15)16)13-20(17,18)14-4-6-19-7-5-14/h2-3,8,13H,4-7H2,1H3,(H,15,16). The van der Waals surface area contributed by atoms with Gasteiger partial charge in [0.15, 0.2) is 0 Å². The van der Waals surface area contributed by atoms with Gasteiger partial charge in [-0.05, 0) is 19.1 Å². The Bertz CT molecular complexity index is 608. The molecule has 1 fully saturated rings. The Morgan fingerprint density at radius 2 is 2.00 bits per heavy atom. The van der Waals surface area contributed by atoms with Crippen molar-refractivity contribution in [3.63, 3.8) is 0 Å². The highest BCUT2D eigenvalue weighted by molar-refractivity contribution is 7.90. The molecule has 0 spiro atoms. The molecule has 1 aromatic carbocycles. The number of hydrogen-bond donors (Lipinski definition) is 2. The number of carbonyl (C=O) groups is 1. The number of morpholine rings is 1. The van der Waals surface area contributed by atoms with Crippen LogP contribution in [0, 0.1) is 6.92 Å². The minimum absolute atomic E-state index is 0.0644. The van der Waals surface area contributed by atoms with Crippen LogP contribution in [0.2, 0.25) is 0 Å². The topological polar surface area (TPSA) is 95.9 Å². The van der Waals surface area contributed by atoms with Crippen LogP contribution in [0.15, 0.2) is 18.2 Å². The second-order valence-corrected chi connectivity index (χ2v) is 6.14. The van der Waals surface area contributed by atoms with Crippen LogP contribution in [-0.2, 0) is 14.9 Å². The van der Waals surface area contributed by atoms with Gasteiger partial charge in [0, 0.05) is 13.1 Å². The molecular formula is C12H16N2O5S. The van der Waals surface area contributed by atoms with Gasteiger partial charge >= 0.3 is 16.2 Å². The fourth-order valence-corrected chi connectivity index (χ4v) is 3.13. The Labute approximate surface area is 117 Å². The van der Waals surface area contributed by atoms with Crippen LogP contribution >= 0.6 is 0 Å². The minimum Gasteiger partial charge on any atom is -0.478 e.